The molecule has 0 saturated carbocycles. The molecular weight excluding hydrogens is 240 g/mol. The second-order valence-corrected chi connectivity index (χ2v) is 4.46. The highest BCUT2D eigenvalue weighted by atomic mass is 16.5. The van der Waals surface area contributed by atoms with Gasteiger partial charge in [0.25, 0.3) is 0 Å². The van der Waals surface area contributed by atoms with Gasteiger partial charge in [0.1, 0.15) is 5.75 Å². The van der Waals surface area contributed by atoms with Crippen molar-refractivity contribution in [1.82, 2.24) is 0 Å². The van der Waals surface area contributed by atoms with E-state index in [4.69, 9.17) is 14.6 Å². The van der Waals surface area contributed by atoms with Crippen molar-refractivity contribution in [3.8, 4) is 17.6 Å². The van der Waals surface area contributed by atoms with Gasteiger partial charge in [0.15, 0.2) is 0 Å². The molecule has 1 unspecified atom stereocenters. The molecule has 0 bridgehead atoms. The van der Waals surface area contributed by atoms with Crippen molar-refractivity contribution in [2.45, 2.75) is 32.8 Å². The third-order valence-electron chi connectivity index (χ3n) is 2.72. The molecule has 0 aromatic heterocycles. The number of methoxy groups -OCH3 is 1. The summed E-state index contributed by atoms with van der Waals surface area (Å²) in [6.07, 6.45) is 1.50. The van der Waals surface area contributed by atoms with E-state index in [9.17, 15) is 0 Å². The Bertz CT molecular complexity index is 443. The van der Waals surface area contributed by atoms with Crippen LogP contribution < -0.4 is 4.74 Å². The lowest BCUT2D eigenvalue weighted by Gasteiger charge is -2.15. The van der Waals surface area contributed by atoms with Crippen molar-refractivity contribution in [3.05, 3.63) is 29.3 Å². The van der Waals surface area contributed by atoms with E-state index in [0.717, 1.165) is 23.3 Å². The topological polar surface area (TPSA) is 38.7 Å². The molecule has 3 nitrogen and oxygen atoms in total. The van der Waals surface area contributed by atoms with Gasteiger partial charge in [-0.3, -0.25) is 0 Å². The van der Waals surface area contributed by atoms with Crippen LogP contribution >= 0.6 is 0 Å². The lowest BCUT2D eigenvalue weighted by atomic mass is 10.1. The summed E-state index contributed by atoms with van der Waals surface area (Å²) in [6, 6.07) is 5.88. The average molecular weight is 262 g/mol. The molecule has 0 radical (unpaired) electrons. The summed E-state index contributed by atoms with van der Waals surface area (Å²) in [4.78, 5) is 0. The fraction of sp³-hybridized carbons (Fsp3) is 0.500. The van der Waals surface area contributed by atoms with Crippen LogP contribution in [0.5, 0.6) is 5.75 Å². The minimum Gasteiger partial charge on any atom is -0.491 e. The van der Waals surface area contributed by atoms with Gasteiger partial charge < -0.3 is 14.6 Å². The van der Waals surface area contributed by atoms with Gasteiger partial charge >= 0.3 is 0 Å². The fourth-order valence-electron chi connectivity index (χ4n) is 1.64. The van der Waals surface area contributed by atoms with E-state index in [0.29, 0.717) is 13.0 Å². The monoisotopic (exact) mass is 262 g/mol. The van der Waals surface area contributed by atoms with Crippen LogP contribution in [0.25, 0.3) is 0 Å². The number of ether oxygens (including phenoxy) is 2. The molecule has 1 aromatic carbocycles. The number of hydrogen-bond donors (Lipinski definition) is 1. The fourth-order valence-corrected chi connectivity index (χ4v) is 1.64. The standard InChI is InChI=1S/C16H22O3/c1-13-12-16(19-14(2)9-11-18-3)8-7-15(13)6-4-5-10-17/h7-8,12,14,17H,5,9-11H2,1-3H3. The second-order valence-electron chi connectivity index (χ2n) is 4.46. The van der Waals surface area contributed by atoms with Gasteiger partial charge in [-0.25, -0.2) is 0 Å². The highest BCUT2D eigenvalue weighted by Crippen LogP contribution is 2.18. The van der Waals surface area contributed by atoms with Crippen LogP contribution in [0.3, 0.4) is 0 Å². The third-order valence-corrected chi connectivity index (χ3v) is 2.72. The van der Waals surface area contributed by atoms with Crippen LogP contribution in [-0.2, 0) is 4.74 Å². The molecule has 1 atom stereocenters. The number of hydrogen-bond acceptors (Lipinski definition) is 3. The van der Waals surface area contributed by atoms with Crippen LogP contribution in [0.15, 0.2) is 18.2 Å². The maximum Gasteiger partial charge on any atom is 0.120 e. The molecule has 1 N–H and O–H groups in total. The molecule has 0 saturated heterocycles. The van der Waals surface area contributed by atoms with Gasteiger partial charge in [-0.05, 0) is 37.6 Å². The Kier molecular flexibility index (Phi) is 7.02. The minimum absolute atomic E-state index is 0.101. The van der Waals surface area contributed by atoms with Crippen molar-refractivity contribution in [2.75, 3.05) is 20.3 Å². The Labute approximate surface area is 115 Å². The first-order valence-electron chi connectivity index (χ1n) is 6.53. The summed E-state index contributed by atoms with van der Waals surface area (Å²) in [5.41, 5.74) is 2.06. The van der Waals surface area contributed by atoms with Crippen LogP contribution in [-0.4, -0.2) is 31.5 Å². The summed E-state index contributed by atoms with van der Waals surface area (Å²) >= 11 is 0. The largest absolute Gasteiger partial charge is 0.491 e. The van der Waals surface area contributed by atoms with Gasteiger partial charge in [0.2, 0.25) is 0 Å². The number of benzene rings is 1. The van der Waals surface area contributed by atoms with Crippen molar-refractivity contribution in [1.29, 1.82) is 0 Å². The molecule has 0 aliphatic carbocycles. The molecule has 0 spiro atoms. The van der Waals surface area contributed by atoms with Crippen molar-refractivity contribution >= 4 is 0 Å². The summed E-state index contributed by atoms with van der Waals surface area (Å²) in [5, 5.41) is 8.69. The predicted octanol–water partition coefficient (Wildman–Crippen LogP) is 2.53. The van der Waals surface area contributed by atoms with E-state index in [-0.39, 0.29) is 12.7 Å². The number of aryl methyl sites for hydroxylation is 1. The lowest BCUT2D eigenvalue weighted by Crippen LogP contribution is -2.14. The zero-order chi connectivity index (χ0) is 14.1. The normalized spacial score (nSPS) is 11.6. The number of aliphatic hydroxyl groups is 1. The van der Waals surface area contributed by atoms with Crippen molar-refractivity contribution in [2.24, 2.45) is 0 Å². The van der Waals surface area contributed by atoms with Crippen molar-refractivity contribution in [3.63, 3.8) is 0 Å². The van der Waals surface area contributed by atoms with Gasteiger partial charge in [0.05, 0.1) is 12.7 Å². The lowest BCUT2D eigenvalue weighted by molar-refractivity contribution is 0.135. The maximum absolute atomic E-state index is 8.69. The number of rotatable bonds is 6. The molecule has 0 amide bonds. The Hall–Kier alpha value is -1.50. The van der Waals surface area contributed by atoms with E-state index in [1.165, 1.54) is 0 Å². The highest BCUT2D eigenvalue weighted by molar-refractivity contribution is 5.44. The Morgan fingerprint density at radius 1 is 1.37 bits per heavy atom. The van der Waals surface area contributed by atoms with Gasteiger partial charge in [0, 0.05) is 32.1 Å². The molecule has 0 aliphatic heterocycles. The summed E-state index contributed by atoms with van der Waals surface area (Å²) in [7, 11) is 1.69. The maximum atomic E-state index is 8.69. The first kappa shape index (κ1) is 15.6. The van der Waals surface area contributed by atoms with E-state index in [1.807, 2.05) is 32.0 Å². The molecule has 104 valence electrons. The zero-order valence-electron chi connectivity index (χ0n) is 11.9. The van der Waals surface area contributed by atoms with Crippen LogP contribution in [0.4, 0.5) is 0 Å². The molecule has 0 heterocycles. The second kappa shape index (κ2) is 8.58. The molecule has 1 aromatic rings. The van der Waals surface area contributed by atoms with E-state index >= 15 is 0 Å². The molecule has 19 heavy (non-hydrogen) atoms. The molecule has 0 fully saturated rings. The minimum atomic E-state index is 0.101. The third kappa shape index (κ3) is 5.78. The molecule has 3 heteroatoms. The highest BCUT2D eigenvalue weighted by Gasteiger charge is 2.05. The summed E-state index contributed by atoms with van der Waals surface area (Å²) in [6.45, 7) is 4.84. The van der Waals surface area contributed by atoms with E-state index in [2.05, 4.69) is 11.8 Å². The average Bonchev–Trinajstić information content (AvgIpc) is 2.39. The summed E-state index contributed by atoms with van der Waals surface area (Å²) < 4.78 is 10.8. The quantitative estimate of drug-likeness (QED) is 0.801. The van der Waals surface area contributed by atoms with Gasteiger partial charge in [-0.15, -0.1) is 0 Å². The number of aliphatic hydroxyl groups excluding tert-OH is 1. The van der Waals surface area contributed by atoms with Crippen molar-refractivity contribution < 1.29 is 14.6 Å². The van der Waals surface area contributed by atoms with Gasteiger partial charge in [-0.1, -0.05) is 11.8 Å². The molecule has 1 rings (SSSR count). The van der Waals surface area contributed by atoms with Crippen LogP contribution in [0.2, 0.25) is 0 Å². The Morgan fingerprint density at radius 2 is 2.16 bits per heavy atom. The van der Waals surface area contributed by atoms with Crippen LogP contribution in [0.1, 0.15) is 30.9 Å². The summed E-state index contributed by atoms with van der Waals surface area (Å²) in [5.74, 6) is 6.82. The van der Waals surface area contributed by atoms with E-state index < -0.39 is 0 Å². The van der Waals surface area contributed by atoms with Crippen LogP contribution in [0, 0.1) is 18.8 Å². The Balaban J connectivity index is 2.64. The first-order chi connectivity index (χ1) is 9.17. The Morgan fingerprint density at radius 3 is 2.79 bits per heavy atom. The van der Waals surface area contributed by atoms with E-state index in [1.54, 1.807) is 7.11 Å². The SMILES string of the molecule is COCCC(C)Oc1ccc(C#CCCO)c(C)c1. The molecule has 0 aliphatic rings. The predicted molar refractivity (Wildman–Crippen MR) is 76.3 cm³/mol. The smallest absolute Gasteiger partial charge is 0.120 e. The zero-order valence-corrected chi connectivity index (χ0v) is 11.9. The first-order valence-corrected chi connectivity index (χ1v) is 6.53. The molecular formula is C16H22O3. The van der Waals surface area contributed by atoms with Gasteiger partial charge in [-0.2, -0.15) is 0 Å².